The van der Waals surface area contributed by atoms with Crippen molar-refractivity contribution in [2.75, 3.05) is 0 Å². The molecule has 0 spiro atoms. The highest BCUT2D eigenvalue weighted by atomic mass is 79.9. The number of rotatable bonds is 6. The second-order valence-corrected chi connectivity index (χ2v) is 11.6. The van der Waals surface area contributed by atoms with Crippen LogP contribution < -0.4 is 5.56 Å². The average molecular weight is 626 g/mol. The lowest BCUT2D eigenvalue weighted by Gasteiger charge is -2.18. The summed E-state index contributed by atoms with van der Waals surface area (Å²) in [6, 6.07) is 24.5. The van der Waals surface area contributed by atoms with E-state index >= 15 is 0 Å². The van der Waals surface area contributed by atoms with Crippen molar-refractivity contribution < 1.29 is 14.4 Å². The van der Waals surface area contributed by atoms with Crippen molar-refractivity contribution >= 4 is 44.4 Å². The van der Waals surface area contributed by atoms with Crippen LogP contribution in [0.15, 0.2) is 110 Å². The monoisotopic (exact) mass is 624 g/mol. The summed E-state index contributed by atoms with van der Waals surface area (Å²) in [5.41, 5.74) is 4.01. The van der Waals surface area contributed by atoms with Crippen LogP contribution in [0.5, 0.6) is 0 Å². The van der Waals surface area contributed by atoms with Gasteiger partial charge in [0.05, 0.1) is 32.3 Å². The zero-order valence-electron chi connectivity index (χ0n) is 21.3. The molecular formula is C31H21BrN4O4S. The Morgan fingerprint density at radius 1 is 1.07 bits per heavy atom. The van der Waals surface area contributed by atoms with Crippen LogP contribution in [0.25, 0.3) is 33.4 Å². The number of carboxylic acid groups (broad SMARTS) is 1. The molecule has 1 aliphatic rings. The predicted molar refractivity (Wildman–Crippen MR) is 160 cm³/mol. The third-order valence-corrected chi connectivity index (χ3v) is 9.54. The van der Waals surface area contributed by atoms with Crippen LogP contribution in [0.3, 0.4) is 0 Å². The first-order valence-electron chi connectivity index (χ1n) is 12.9. The average Bonchev–Trinajstić information content (AvgIpc) is 3.77. The second-order valence-electron chi connectivity index (χ2n) is 9.72. The first-order chi connectivity index (χ1) is 20.0. The van der Waals surface area contributed by atoms with Crippen molar-refractivity contribution in [1.29, 1.82) is 0 Å². The van der Waals surface area contributed by atoms with E-state index in [0.29, 0.717) is 39.7 Å². The number of H-pyrrole nitrogens is 1. The van der Waals surface area contributed by atoms with Crippen molar-refractivity contribution in [1.82, 2.24) is 19.7 Å². The Kier molecular flexibility index (Phi) is 6.36. The highest BCUT2D eigenvalue weighted by Crippen LogP contribution is 2.53. The van der Waals surface area contributed by atoms with Crippen molar-refractivity contribution in [2.24, 2.45) is 0 Å². The Bertz CT molecular complexity index is 1980. The van der Waals surface area contributed by atoms with Crippen LogP contribution in [-0.2, 0) is 11.2 Å². The predicted octanol–water partition coefficient (Wildman–Crippen LogP) is 6.87. The number of aliphatic carboxylic acids is 1. The third-order valence-electron chi connectivity index (χ3n) is 7.35. The molecule has 2 atom stereocenters. The number of benzene rings is 3. The molecule has 4 heterocycles. The van der Waals surface area contributed by atoms with Gasteiger partial charge in [0.15, 0.2) is 11.8 Å². The number of nitrogens with one attached hydrogen (secondary N) is 1. The minimum atomic E-state index is -1.16. The molecule has 0 saturated heterocycles. The lowest BCUT2D eigenvalue weighted by Crippen LogP contribution is -2.31. The van der Waals surface area contributed by atoms with Crippen LogP contribution in [-0.4, -0.2) is 30.8 Å². The summed E-state index contributed by atoms with van der Waals surface area (Å²) < 4.78 is 7.58. The molecule has 0 radical (unpaired) electrons. The number of hydrogen-bond donors (Lipinski definition) is 2. The van der Waals surface area contributed by atoms with Gasteiger partial charge < -0.3 is 14.6 Å². The fourth-order valence-corrected chi connectivity index (χ4v) is 7.50. The first-order valence-corrected chi connectivity index (χ1v) is 14.5. The molecule has 0 amide bonds. The fourth-order valence-electron chi connectivity index (χ4n) is 5.46. The third kappa shape index (κ3) is 4.30. The second kappa shape index (κ2) is 10.2. The van der Waals surface area contributed by atoms with E-state index in [0.717, 1.165) is 21.9 Å². The van der Waals surface area contributed by atoms with Gasteiger partial charge in [-0.1, -0.05) is 89.7 Å². The number of hydrogen-bond acceptors (Lipinski definition) is 6. The van der Waals surface area contributed by atoms with Gasteiger partial charge in [-0.25, -0.2) is 9.78 Å². The molecule has 6 aromatic rings. The van der Waals surface area contributed by atoms with Gasteiger partial charge in [0.25, 0.3) is 5.56 Å². The lowest BCUT2D eigenvalue weighted by atomic mass is 9.95. The Morgan fingerprint density at radius 3 is 2.63 bits per heavy atom. The summed E-state index contributed by atoms with van der Waals surface area (Å²) >= 11 is 4.88. The zero-order valence-corrected chi connectivity index (χ0v) is 23.7. The number of aromatic nitrogens is 4. The summed E-state index contributed by atoms with van der Waals surface area (Å²) in [4.78, 5) is 33.8. The summed E-state index contributed by atoms with van der Waals surface area (Å²) in [6.07, 6.45) is 3.58. The maximum Gasteiger partial charge on any atom is 0.328 e. The summed E-state index contributed by atoms with van der Waals surface area (Å²) in [6.45, 7) is 0. The summed E-state index contributed by atoms with van der Waals surface area (Å²) in [5.74, 6) is -0.670. The molecule has 0 fully saturated rings. The largest absolute Gasteiger partial charge is 0.480 e. The van der Waals surface area contributed by atoms with Crippen LogP contribution in [0.4, 0.5) is 0 Å². The maximum atomic E-state index is 13.9. The number of pyridine rings is 1. The molecular weight excluding hydrogens is 604 g/mol. The minimum Gasteiger partial charge on any atom is -0.480 e. The van der Waals surface area contributed by atoms with Crippen molar-refractivity contribution in [3.63, 3.8) is 0 Å². The van der Waals surface area contributed by atoms with Gasteiger partial charge in [-0.05, 0) is 37.8 Å². The van der Waals surface area contributed by atoms with E-state index in [4.69, 9.17) is 4.52 Å². The van der Waals surface area contributed by atoms with Gasteiger partial charge in [0.2, 0.25) is 0 Å². The van der Waals surface area contributed by atoms with Crippen molar-refractivity contribution in [3.05, 3.63) is 123 Å². The van der Waals surface area contributed by atoms with Gasteiger partial charge in [-0.2, -0.15) is 0 Å². The van der Waals surface area contributed by atoms with Crippen LogP contribution >= 0.6 is 27.7 Å². The van der Waals surface area contributed by atoms with E-state index in [-0.39, 0.29) is 4.47 Å². The minimum absolute atomic E-state index is 0.288. The van der Waals surface area contributed by atoms with Gasteiger partial charge in [-0.3, -0.25) is 9.36 Å². The zero-order chi connectivity index (χ0) is 28.1. The van der Waals surface area contributed by atoms with Crippen molar-refractivity contribution in [3.8, 4) is 22.6 Å². The van der Waals surface area contributed by atoms with Crippen molar-refractivity contribution in [2.45, 2.75) is 22.7 Å². The molecule has 0 aliphatic carbocycles. The first kappa shape index (κ1) is 25.6. The smallest absolute Gasteiger partial charge is 0.328 e. The van der Waals surface area contributed by atoms with E-state index in [1.165, 1.54) is 22.7 Å². The van der Waals surface area contributed by atoms with E-state index in [1.807, 2.05) is 60.7 Å². The SMILES string of the molecule is O=C(O)C1C(c2c[nH]cn2)Sc2c(-c3cc(-c4ccccc4)no3)c(Cc3cccc4ccccc34)c(Br)c(=O)n21. The van der Waals surface area contributed by atoms with E-state index < -0.39 is 22.8 Å². The molecule has 0 saturated carbocycles. The van der Waals surface area contributed by atoms with Crippen LogP contribution in [0.1, 0.15) is 28.1 Å². The lowest BCUT2D eigenvalue weighted by molar-refractivity contribution is -0.141. The molecule has 2 N–H and O–H groups in total. The number of carbonyl (C=O) groups is 1. The molecule has 202 valence electrons. The molecule has 3 aromatic carbocycles. The molecule has 10 heteroatoms. The van der Waals surface area contributed by atoms with Gasteiger partial charge in [0.1, 0.15) is 5.69 Å². The standard InChI is InChI=1S/C31H21BrN4O4S/c32-26-21(13-19-11-6-10-17-7-4-5-12-20(17)19)25(24-14-22(35-40-24)18-8-2-1-3-9-18)30-36(29(26)37)27(31(38)39)28(41-30)23-15-33-16-34-23/h1-12,14-16,27-28H,13H2,(H,33,34)(H,38,39). The number of nitrogens with zero attached hydrogens (tertiary/aromatic N) is 3. The van der Waals surface area contributed by atoms with Gasteiger partial charge in [-0.15, -0.1) is 0 Å². The molecule has 8 nitrogen and oxygen atoms in total. The van der Waals surface area contributed by atoms with E-state index in [9.17, 15) is 14.7 Å². The Morgan fingerprint density at radius 2 is 1.85 bits per heavy atom. The Balaban J connectivity index is 1.48. The molecule has 7 rings (SSSR count). The number of fused-ring (bicyclic) bond motifs is 2. The highest BCUT2D eigenvalue weighted by Gasteiger charge is 2.44. The van der Waals surface area contributed by atoms with E-state index in [2.05, 4.69) is 49.3 Å². The molecule has 3 aromatic heterocycles. The number of aromatic amines is 1. The normalized spacial score (nSPS) is 16.2. The number of carboxylic acids is 1. The number of halogens is 1. The van der Waals surface area contributed by atoms with Gasteiger partial charge >= 0.3 is 5.97 Å². The Hall–Kier alpha value is -4.41. The number of thioether (sulfide) groups is 1. The molecule has 41 heavy (non-hydrogen) atoms. The summed E-state index contributed by atoms with van der Waals surface area (Å²) in [5, 5.41) is 16.7. The summed E-state index contributed by atoms with van der Waals surface area (Å²) in [7, 11) is 0. The van der Waals surface area contributed by atoms with E-state index in [1.54, 1.807) is 6.20 Å². The van der Waals surface area contributed by atoms with Crippen LogP contribution in [0.2, 0.25) is 0 Å². The fraction of sp³-hybridized carbons (Fsp3) is 0.0968. The quantitative estimate of drug-likeness (QED) is 0.208. The highest BCUT2D eigenvalue weighted by molar-refractivity contribution is 9.10. The van der Waals surface area contributed by atoms with Gasteiger partial charge in [0, 0.05) is 24.2 Å². The van der Waals surface area contributed by atoms with Crippen LogP contribution in [0, 0.1) is 0 Å². The number of imidazole rings is 1. The topological polar surface area (TPSA) is 114 Å². The molecule has 1 aliphatic heterocycles. The maximum absolute atomic E-state index is 13.9. The Labute approximate surface area is 246 Å². The molecule has 2 unspecified atom stereocenters. The molecule has 0 bridgehead atoms.